The molecule has 2 aliphatic rings. The van der Waals surface area contributed by atoms with E-state index in [0.29, 0.717) is 36.7 Å². The number of hydrogen-bond acceptors (Lipinski definition) is 5. The molecule has 1 aromatic carbocycles. The number of hydrogen-bond donors (Lipinski definition) is 1. The molecule has 0 saturated carbocycles. The minimum absolute atomic E-state index is 0.00834. The topological polar surface area (TPSA) is 75.7 Å². The molecule has 28 heavy (non-hydrogen) atoms. The molecule has 1 aromatic heterocycles. The second kappa shape index (κ2) is 8.14. The molecule has 9 heteroatoms. The first-order valence-corrected chi connectivity index (χ1v) is 12.3. The van der Waals surface area contributed by atoms with Crippen LogP contribution in [0.4, 0.5) is 0 Å². The highest BCUT2D eigenvalue weighted by molar-refractivity contribution is 9.10. The monoisotopic (exact) mass is 484 g/mol. The number of benzene rings is 1. The van der Waals surface area contributed by atoms with Crippen molar-refractivity contribution in [1.29, 1.82) is 0 Å². The second-order valence-electron chi connectivity index (χ2n) is 6.99. The van der Waals surface area contributed by atoms with Crippen molar-refractivity contribution in [1.82, 2.24) is 9.62 Å². The highest BCUT2D eigenvalue weighted by atomic mass is 79.9. The van der Waals surface area contributed by atoms with Crippen LogP contribution in [0.3, 0.4) is 0 Å². The largest absolute Gasteiger partial charge is 0.493 e. The summed E-state index contributed by atoms with van der Waals surface area (Å²) in [4.78, 5) is 12.8. The van der Waals surface area contributed by atoms with Gasteiger partial charge in [-0.15, -0.1) is 11.3 Å². The fourth-order valence-electron chi connectivity index (χ4n) is 3.70. The average molecular weight is 485 g/mol. The summed E-state index contributed by atoms with van der Waals surface area (Å²) in [5.41, 5.74) is 0.978. The predicted octanol–water partition coefficient (Wildman–Crippen LogP) is 3.55. The second-order valence-corrected chi connectivity index (χ2v) is 11.0. The summed E-state index contributed by atoms with van der Waals surface area (Å²) in [5, 5.41) is 4.91. The Balaban J connectivity index is 1.39. The van der Waals surface area contributed by atoms with Gasteiger partial charge in [0.05, 0.1) is 12.6 Å². The van der Waals surface area contributed by atoms with Gasteiger partial charge in [0, 0.05) is 35.5 Å². The van der Waals surface area contributed by atoms with Crippen LogP contribution in [0.25, 0.3) is 0 Å². The summed E-state index contributed by atoms with van der Waals surface area (Å²) in [5.74, 6) is 0.621. The lowest BCUT2D eigenvalue weighted by molar-refractivity contribution is -0.127. The number of ether oxygens (including phenoxy) is 1. The van der Waals surface area contributed by atoms with Crippen LogP contribution in [-0.2, 0) is 14.8 Å². The summed E-state index contributed by atoms with van der Waals surface area (Å²) in [7, 11) is -3.44. The van der Waals surface area contributed by atoms with Crippen LogP contribution in [0.2, 0.25) is 0 Å². The zero-order valence-electron chi connectivity index (χ0n) is 15.1. The Labute approximate surface area is 177 Å². The highest BCUT2D eigenvalue weighted by Crippen LogP contribution is 2.35. The van der Waals surface area contributed by atoms with Crippen LogP contribution in [0.5, 0.6) is 5.75 Å². The Hall–Kier alpha value is -1.42. The standard InChI is InChI=1S/C19H21BrN2O4S2/c20-14-3-4-17-15(12-14)16(7-10-26-17)21-19(23)13-5-8-22(9-6-13)28(24,25)18-2-1-11-27-18/h1-4,11-13,16H,5-10H2,(H,21,23). The minimum atomic E-state index is -3.44. The van der Waals surface area contributed by atoms with E-state index in [0.717, 1.165) is 22.2 Å². The van der Waals surface area contributed by atoms with Crippen LogP contribution in [-0.4, -0.2) is 38.3 Å². The van der Waals surface area contributed by atoms with Crippen LogP contribution >= 0.6 is 27.3 Å². The van der Waals surface area contributed by atoms with Gasteiger partial charge in [0.25, 0.3) is 10.0 Å². The maximum absolute atomic E-state index is 12.8. The van der Waals surface area contributed by atoms with Crippen LogP contribution in [0, 0.1) is 5.92 Å². The Kier molecular flexibility index (Phi) is 5.78. The SMILES string of the molecule is O=C(NC1CCOc2ccc(Br)cc21)C1CCN(S(=O)(=O)c2cccs2)CC1. The highest BCUT2D eigenvalue weighted by Gasteiger charge is 2.34. The lowest BCUT2D eigenvalue weighted by Crippen LogP contribution is -2.44. The van der Waals surface area contributed by atoms with Crippen LogP contribution < -0.4 is 10.1 Å². The van der Waals surface area contributed by atoms with E-state index in [1.165, 1.54) is 15.6 Å². The molecular weight excluding hydrogens is 464 g/mol. The first-order valence-electron chi connectivity index (χ1n) is 9.21. The Morgan fingerprint density at radius 2 is 2.00 bits per heavy atom. The van der Waals surface area contributed by atoms with Gasteiger partial charge in [-0.1, -0.05) is 22.0 Å². The summed E-state index contributed by atoms with van der Waals surface area (Å²) >= 11 is 4.70. The minimum Gasteiger partial charge on any atom is -0.493 e. The van der Waals surface area contributed by atoms with Gasteiger partial charge in [-0.2, -0.15) is 4.31 Å². The fourth-order valence-corrected chi connectivity index (χ4v) is 6.69. The van der Waals surface area contributed by atoms with Crippen molar-refractivity contribution in [2.75, 3.05) is 19.7 Å². The van der Waals surface area contributed by atoms with Gasteiger partial charge in [-0.05, 0) is 42.5 Å². The number of nitrogens with one attached hydrogen (secondary N) is 1. The van der Waals surface area contributed by atoms with Gasteiger partial charge < -0.3 is 10.1 Å². The van der Waals surface area contributed by atoms with Crippen molar-refractivity contribution in [2.45, 2.75) is 29.5 Å². The molecular formula is C19H21BrN2O4S2. The lowest BCUT2D eigenvalue weighted by Gasteiger charge is -2.32. The Morgan fingerprint density at radius 1 is 1.21 bits per heavy atom. The molecule has 1 fully saturated rings. The molecule has 0 aliphatic carbocycles. The number of carbonyl (C=O) groups is 1. The van der Waals surface area contributed by atoms with E-state index >= 15 is 0 Å². The van der Waals surface area contributed by atoms with Crippen molar-refractivity contribution in [2.24, 2.45) is 5.92 Å². The van der Waals surface area contributed by atoms with Crippen molar-refractivity contribution < 1.29 is 17.9 Å². The number of halogens is 1. The van der Waals surface area contributed by atoms with Crippen molar-refractivity contribution >= 4 is 43.2 Å². The molecule has 1 amide bonds. The van der Waals surface area contributed by atoms with E-state index in [4.69, 9.17) is 4.74 Å². The summed E-state index contributed by atoms with van der Waals surface area (Å²) in [6, 6.07) is 9.09. The molecule has 2 aliphatic heterocycles. The first-order chi connectivity index (χ1) is 13.4. The smallest absolute Gasteiger partial charge is 0.252 e. The summed E-state index contributed by atoms with van der Waals surface area (Å²) < 4.78 is 33.7. The number of rotatable bonds is 4. The molecule has 3 heterocycles. The van der Waals surface area contributed by atoms with Gasteiger partial charge in [0.2, 0.25) is 5.91 Å². The lowest BCUT2D eigenvalue weighted by atomic mass is 9.95. The average Bonchev–Trinajstić information content (AvgIpc) is 3.24. The molecule has 0 radical (unpaired) electrons. The summed E-state index contributed by atoms with van der Waals surface area (Å²) in [6.07, 6.45) is 1.79. The number of piperidine rings is 1. The van der Waals surface area contributed by atoms with E-state index < -0.39 is 10.0 Å². The number of nitrogens with zero attached hydrogens (tertiary/aromatic N) is 1. The number of amides is 1. The first kappa shape index (κ1) is 19.9. The predicted molar refractivity (Wildman–Crippen MR) is 111 cm³/mol. The van der Waals surface area contributed by atoms with Crippen molar-refractivity contribution in [3.05, 3.63) is 45.7 Å². The van der Waals surface area contributed by atoms with Crippen LogP contribution in [0.15, 0.2) is 44.4 Å². The van der Waals surface area contributed by atoms with Gasteiger partial charge >= 0.3 is 0 Å². The van der Waals surface area contributed by atoms with E-state index in [2.05, 4.69) is 21.2 Å². The third kappa shape index (κ3) is 3.98. The molecule has 1 atom stereocenters. The normalized spacial score (nSPS) is 21.0. The van der Waals surface area contributed by atoms with Gasteiger partial charge in [0.15, 0.2) is 0 Å². The number of thiophene rings is 1. The molecule has 1 N–H and O–H groups in total. The molecule has 6 nitrogen and oxygen atoms in total. The maximum atomic E-state index is 12.8. The third-order valence-corrected chi connectivity index (χ3v) is 9.01. The molecule has 0 bridgehead atoms. The van der Waals surface area contributed by atoms with Crippen molar-refractivity contribution in [3.63, 3.8) is 0 Å². The number of sulfonamides is 1. The van der Waals surface area contributed by atoms with E-state index in [1.807, 2.05) is 18.2 Å². The number of fused-ring (bicyclic) bond motifs is 1. The number of carbonyl (C=O) groups excluding carboxylic acids is 1. The van der Waals surface area contributed by atoms with Gasteiger partial charge in [-0.3, -0.25) is 4.79 Å². The zero-order chi connectivity index (χ0) is 19.7. The van der Waals surface area contributed by atoms with E-state index in [-0.39, 0.29) is 17.9 Å². The Bertz CT molecular complexity index is 954. The fraction of sp³-hybridized carbons (Fsp3) is 0.421. The zero-order valence-corrected chi connectivity index (χ0v) is 18.4. The quantitative estimate of drug-likeness (QED) is 0.719. The van der Waals surface area contributed by atoms with Gasteiger partial charge in [-0.25, -0.2) is 8.42 Å². The maximum Gasteiger partial charge on any atom is 0.252 e. The van der Waals surface area contributed by atoms with Crippen molar-refractivity contribution in [3.8, 4) is 5.75 Å². The molecule has 2 aromatic rings. The molecule has 1 saturated heterocycles. The van der Waals surface area contributed by atoms with E-state index in [1.54, 1.807) is 17.5 Å². The molecule has 0 spiro atoms. The van der Waals surface area contributed by atoms with Gasteiger partial charge in [0.1, 0.15) is 9.96 Å². The van der Waals surface area contributed by atoms with E-state index in [9.17, 15) is 13.2 Å². The molecule has 4 rings (SSSR count). The third-order valence-electron chi connectivity index (χ3n) is 5.24. The van der Waals surface area contributed by atoms with Crippen LogP contribution in [0.1, 0.15) is 30.9 Å². The molecule has 1 unspecified atom stereocenters. The summed E-state index contributed by atoms with van der Waals surface area (Å²) in [6.45, 7) is 1.31. The molecule has 150 valence electrons. The Morgan fingerprint density at radius 3 is 2.71 bits per heavy atom.